The molecule has 0 saturated carbocycles. The predicted octanol–water partition coefficient (Wildman–Crippen LogP) is 3.05. The van der Waals surface area contributed by atoms with E-state index in [4.69, 9.17) is 14.7 Å². The third-order valence-corrected chi connectivity index (χ3v) is 5.35. The first-order valence-electron chi connectivity index (χ1n) is 10.1. The fraction of sp³-hybridized carbons (Fsp3) is 0.476. The maximum atomic E-state index is 5.30. The summed E-state index contributed by atoms with van der Waals surface area (Å²) in [4.78, 5) is 19.3. The first kappa shape index (κ1) is 18.7. The van der Waals surface area contributed by atoms with Crippen LogP contribution in [0.25, 0.3) is 22.4 Å². The monoisotopic (exact) mass is 380 g/mol. The van der Waals surface area contributed by atoms with Crippen LogP contribution >= 0.6 is 0 Å². The highest BCUT2D eigenvalue weighted by molar-refractivity contribution is 5.88. The Hall–Kier alpha value is -2.67. The van der Waals surface area contributed by atoms with E-state index in [0.29, 0.717) is 0 Å². The van der Waals surface area contributed by atoms with Crippen molar-refractivity contribution in [3.05, 3.63) is 30.6 Å². The Bertz CT molecular complexity index is 928. The molecule has 1 fully saturated rings. The number of methoxy groups -OCH3 is 1. The zero-order valence-electron chi connectivity index (χ0n) is 16.9. The molecule has 7 nitrogen and oxygen atoms in total. The highest BCUT2D eigenvalue weighted by Crippen LogP contribution is 2.29. The van der Waals surface area contributed by atoms with Gasteiger partial charge >= 0.3 is 0 Å². The standard InChI is InChI=1S/C21H28N6O/c1-4-10-25-11-13-27(14-12-25)21-23-18(16-6-8-17(28-3)9-7-16)19-20(24-21)26(5-2)15-22-19/h6-9,15H,4-5,10-14H2,1-3H3. The van der Waals surface area contributed by atoms with Gasteiger partial charge in [-0.1, -0.05) is 6.92 Å². The Balaban J connectivity index is 1.73. The number of aryl methyl sites for hydroxylation is 1. The Kier molecular flexibility index (Phi) is 5.43. The summed E-state index contributed by atoms with van der Waals surface area (Å²) in [7, 11) is 1.68. The molecule has 1 aromatic carbocycles. The van der Waals surface area contributed by atoms with Crippen molar-refractivity contribution in [3.8, 4) is 17.0 Å². The van der Waals surface area contributed by atoms with Gasteiger partial charge in [0, 0.05) is 38.3 Å². The molecule has 7 heteroatoms. The molecule has 0 N–H and O–H groups in total. The molecule has 4 rings (SSSR count). The molecule has 0 spiro atoms. The van der Waals surface area contributed by atoms with E-state index in [-0.39, 0.29) is 0 Å². The quantitative estimate of drug-likeness (QED) is 0.655. The van der Waals surface area contributed by atoms with E-state index >= 15 is 0 Å². The maximum Gasteiger partial charge on any atom is 0.228 e. The van der Waals surface area contributed by atoms with Crippen molar-refractivity contribution in [2.24, 2.45) is 0 Å². The van der Waals surface area contributed by atoms with Crippen LogP contribution in [0, 0.1) is 0 Å². The molecule has 0 unspecified atom stereocenters. The number of benzene rings is 1. The number of fused-ring (bicyclic) bond motifs is 1. The molecule has 0 bridgehead atoms. The van der Waals surface area contributed by atoms with Crippen molar-refractivity contribution in [2.45, 2.75) is 26.8 Å². The van der Waals surface area contributed by atoms with Crippen LogP contribution in [0.2, 0.25) is 0 Å². The zero-order chi connectivity index (χ0) is 19.5. The summed E-state index contributed by atoms with van der Waals surface area (Å²) in [6.45, 7) is 10.4. The smallest absolute Gasteiger partial charge is 0.228 e. The van der Waals surface area contributed by atoms with Crippen molar-refractivity contribution in [1.29, 1.82) is 0 Å². The van der Waals surface area contributed by atoms with E-state index in [1.54, 1.807) is 7.11 Å². The van der Waals surface area contributed by atoms with Gasteiger partial charge in [-0.05, 0) is 44.2 Å². The Morgan fingerprint density at radius 3 is 2.39 bits per heavy atom. The minimum absolute atomic E-state index is 0.796. The number of rotatable bonds is 6. The van der Waals surface area contributed by atoms with Crippen LogP contribution in [0.15, 0.2) is 30.6 Å². The van der Waals surface area contributed by atoms with Gasteiger partial charge in [0.1, 0.15) is 17.0 Å². The van der Waals surface area contributed by atoms with Crippen molar-refractivity contribution in [1.82, 2.24) is 24.4 Å². The average Bonchev–Trinajstić information content (AvgIpc) is 3.17. The lowest BCUT2D eigenvalue weighted by atomic mass is 10.1. The summed E-state index contributed by atoms with van der Waals surface area (Å²) in [5.74, 6) is 1.63. The van der Waals surface area contributed by atoms with Crippen LogP contribution < -0.4 is 9.64 Å². The van der Waals surface area contributed by atoms with E-state index in [9.17, 15) is 0 Å². The van der Waals surface area contributed by atoms with E-state index < -0.39 is 0 Å². The zero-order valence-corrected chi connectivity index (χ0v) is 16.9. The topological polar surface area (TPSA) is 59.3 Å². The van der Waals surface area contributed by atoms with E-state index in [1.807, 2.05) is 30.6 Å². The highest BCUT2D eigenvalue weighted by Gasteiger charge is 2.22. The maximum absolute atomic E-state index is 5.30. The second-order valence-corrected chi connectivity index (χ2v) is 7.13. The average molecular weight is 380 g/mol. The van der Waals surface area contributed by atoms with E-state index in [0.717, 1.165) is 73.4 Å². The lowest BCUT2D eigenvalue weighted by Gasteiger charge is -2.34. The minimum atomic E-state index is 0.796. The van der Waals surface area contributed by atoms with Crippen LogP contribution in [-0.4, -0.2) is 64.3 Å². The summed E-state index contributed by atoms with van der Waals surface area (Å²) in [6, 6.07) is 8.00. The Morgan fingerprint density at radius 2 is 1.75 bits per heavy atom. The number of hydrogen-bond donors (Lipinski definition) is 0. The predicted molar refractivity (Wildman–Crippen MR) is 112 cm³/mol. The number of anilines is 1. The molecule has 1 aliphatic rings. The van der Waals surface area contributed by atoms with E-state index in [1.165, 1.54) is 6.42 Å². The summed E-state index contributed by atoms with van der Waals surface area (Å²) in [6.07, 6.45) is 3.05. The first-order chi connectivity index (χ1) is 13.7. The molecular formula is C21H28N6O. The van der Waals surface area contributed by atoms with Gasteiger partial charge in [-0.3, -0.25) is 4.90 Å². The molecule has 0 radical (unpaired) electrons. The lowest BCUT2D eigenvalue weighted by Crippen LogP contribution is -2.47. The van der Waals surface area contributed by atoms with Gasteiger partial charge in [-0.15, -0.1) is 0 Å². The van der Waals surface area contributed by atoms with Crippen LogP contribution in [0.3, 0.4) is 0 Å². The van der Waals surface area contributed by atoms with Crippen LogP contribution in [0.1, 0.15) is 20.3 Å². The van der Waals surface area contributed by atoms with Gasteiger partial charge in [-0.25, -0.2) is 9.97 Å². The van der Waals surface area contributed by atoms with Crippen molar-refractivity contribution >= 4 is 17.1 Å². The molecule has 0 aliphatic carbocycles. The number of aromatic nitrogens is 4. The number of piperazine rings is 1. The molecule has 148 valence electrons. The molecule has 0 atom stereocenters. The second kappa shape index (κ2) is 8.14. The fourth-order valence-corrected chi connectivity index (χ4v) is 3.74. The van der Waals surface area contributed by atoms with Gasteiger partial charge in [-0.2, -0.15) is 4.98 Å². The van der Waals surface area contributed by atoms with E-state index in [2.05, 4.69) is 33.2 Å². The minimum Gasteiger partial charge on any atom is -0.497 e. The third kappa shape index (κ3) is 3.54. The lowest BCUT2D eigenvalue weighted by molar-refractivity contribution is 0.257. The number of nitrogens with zero attached hydrogens (tertiary/aromatic N) is 6. The SMILES string of the molecule is CCCN1CCN(c2nc(-c3ccc(OC)cc3)c3ncn(CC)c3n2)CC1. The normalized spacial score (nSPS) is 15.3. The van der Waals surface area contributed by atoms with Gasteiger partial charge in [0.05, 0.1) is 13.4 Å². The van der Waals surface area contributed by atoms with Crippen molar-refractivity contribution in [3.63, 3.8) is 0 Å². The fourth-order valence-electron chi connectivity index (χ4n) is 3.74. The summed E-state index contributed by atoms with van der Waals surface area (Å²) >= 11 is 0. The molecule has 1 saturated heterocycles. The number of imidazole rings is 1. The largest absolute Gasteiger partial charge is 0.497 e. The number of ether oxygens (including phenoxy) is 1. The second-order valence-electron chi connectivity index (χ2n) is 7.13. The van der Waals surface area contributed by atoms with Gasteiger partial charge in [0.25, 0.3) is 0 Å². The molecular weight excluding hydrogens is 352 g/mol. The Morgan fingerprint density at radius 1 is 1.00 bits per heavy atom. The molecule has 1 aliphatic heterocycles. The first-order valence-corrected chi connectivity index (χ1v) is 10.1. The van der Waals surface area contributed by atoms with Gasteiger partial charge in [0.15, 0.2) is 5.65 Å². The van der Waals surface area contributed by atoms with Gasteiger partial charge in [0.2, 0.25) is 5.95 Å². The van der Waals surface area contributed by atoms with Crippen molar-refractivity contribution in [2.75, 3.05) is 44.7 Å². The van der Waals surface area contributed by atoms with Crippen LogP contribution in [0.5, 0.6) is 5.75 Å². The molecule has 0 amide bonds. The molecule has 3 aromatic rings. The van der Waals surface area contributed by atoms with Gasteiger partial charge < -0.3 is 14.2 Å². The third-order valence-electron chi connectivity index (χ3n) is 5.35. The summed E-state index contributed by atoms with van der Waals surface area (Å²) in [5.41, 5.74) is 3.65. The highest BCUT2D eigenvalue weighted by atomic mass is 16.5. The summed E-state index contributed by atoms with van der Waals surface area (Å²) < 4.78 is 7.38. The molecule has 3 heterocycles. The number of hydrogen-bond acceptors (Lipinski definition) is 6. The summed E-state index contributed by atoms with van der Waals surface area (Å²) in [5, 5.41) is 0. The Labute approximate surface area is 166 Å². The van der Waals surface area contributed by atoms with Crippen LogP contribution in [0.4, 0.5) is 5.95 Å². The molecule has 2 aromatic heterocycles. The van der Waals surface area contributed by atoms with Crippen LogP contribution in [-0.2, 0) is 6.54 Å². The van der Waals surface area contributed by atoms with Crippen molar-refractivity contribution < 1.29 is 4.74 Å². The molecule has 28 heavy (non-hydrogen) atoms.